The van der Waals surface area contributed by atoms with Gasteiger partial charge >= 0.3 is 5.97 Å². The van der Waals surface area contributed by atoms with E-state index in [1.165, 1.54) is 0 Å². The van der Waals surface area contributed by atoms with Crippen LogP contribution in [0.5, 0.6) is 0 Å². The molecule has 0 spiro atoms. The van der Waals surface area contributed by atoms with E-state index in [0.717, 1.165) is 34.9 Å². The largest absolute Gasteiger partial charge is 0.481 e. The van der Waals surface area contributed by atoms with Crippen LogP contribution in [0.4, 0.5) is 0 Å². The van der Waals surface area contributed by atoms with Crippen molar-refractivity contribution in [3.63, 3.8) is 0 Å². The molecule has 2 aromatic rings. The zero-order valence-electron chi connectivity index (χ0n) is 10.3. The second kappa shape index (κ2) is 4.16. The highest BCUT2D eigenvalue weighted by atomic mass is 16.4. The van der Waals surface area contributed by atoms with Gasteiger partial charge in [0, 0.05) is 5.39 Å². The zero-order valence-corrected chi connectivity index (χ0v) is 10.3. The van der Waals surface area contributed by atoms with Crippen molar-refractivity contribution >= 4 is 16.9 Å². The minimum atomic E-state index is -0.718. The summed E-state index contributed by atoms with van der Waals surface area (Å²) in [6, 6.07) is 5.95. The summed E-state index contributed by atoms with van der Waals surface area (Å²) in [5.74, 6) is -0.0615. The van der Waals surface area contributed by atoms with E-state index in [4.69, 9.17) is 9.52 Å². The van der Waals surface area contributed by atoms with E-state index in [1.807, 2.05) is 19.1 Å². The smallest absolute Gasteiger partial charge is 0.303 e. The lowest BCUT2D eigenvalue weighted by molar-refractivity contribution is -0.137. The van der Waals surface area contributed by atoms with E-state index in [9.17, 15) is 4.79 Å². The molecule has 1 atom stereocenters. The van der Waals surface area contributed by atoms with Gasteiger partial charge < -0.3 is 9.52 Å². The van der Waals surface area contributed by atoms with E-state index in [-0.39, 0.29) is 12.3 Å². The topological polar surface area (TPSA) is 50.4 Å². The van der Waals surface area contributed by atoms with Gasteiger partial charge in [-0.1, -0.05) is 12.1 Å². The van der Waals surface area contributed by atoms with Gasteiger partial charge in [0.2, 0.25) is 0 Å². The van der Waals surface area contributed by atoms with Gasteiger partial charge in [-0.15, -0.1) is 0 Å². The molecule has 3 heteroatoms. The second-order valence-electron chi connectivity index (χ2n) is 5.18. The molecule has 1 fully saturated rings. The molecule has 0 radical (unpaired) electrons. The molecule has 0 aliphatic heterocycles. The Morgan fingerprint density at radius 2 is 2.28 bits per heavy atom. The van der Waals surface area contributed by atoms with Gasteiger partial charge in [0.25, 0.3) is 0 Å². The molecule has 1 heterocycles. The van der Waals surface area contributed by atoms with Crippen molar-refractivity contribution in [2.75, 3.05) is 0 Å². The molecule has 1 saturated carbocycles. The molecule has 0 amide bonds. The third kappa shape index (κ3) is 1.90. The number of benzene rings is 1. The van der Waals surface area contributed by atoms with Gasteiger partial charge in [-0.3, -0.25) is 4.79 Å². The summed E-state index contributed by atoms with van der Waals surface area (Å²) in [5, 5.41) is 10.2. The fourth-order valence-electron chi connectivity index (χ4n) is 2.81. The Balaban J connectivity index is 2.10. The van der Waals surface area contributed by atoms with E-state index in [0.29, 0.717) is 5.92 Å². The number of carbonyl (C=O) groups is 1. The third-order valence-corrected chi connectivity index (χ3v) is 3.80. The molecule has 94 valence electrons. The number of carboxylic acid groups (broad SMARTS) is 1. The van der Waals surface area contributed by atoms with Crippen molar-refractivity contribution in [1.29, 1.82) is 0 Å². The molecule has 0 saturated heterocycles. The van der Waals surface area contributed by atoms with Crippen LogP contribution in [-0.4, -0.2) is 11.1 Å². The van der Waals surface area contributed by atoms with Gasteiger partial charge in [-0.05, 0) is 48.8 Å². The Hall–Kier alpha value is -1.77. The minimum absolute atomic E-state index is 0.127. The molecule has 3 rings (SSSR count). The lowest BCUT2D eigenvalue weighted by Gasteiger charge is -2.15. The monoisotopic (exact) mass is 244 g/mol. The molecule has 1 aliphatic carbocycles. The fraction of sp³-hybridized carbons (Fsp3) is 0.400. The fourth-order valence-corrected chi connectivity index (χ4v) is 2.81. The van der Waals surface area contributed by atoms with Crippen molar-refractivity contribution in [2.24, 2.45) is 5.92 Å². The summed E-state index contributed by atoms with van der Waals surface area (Å²) in [4.78, 5) is 11.1. The minimum Gasteiger partial charge on any atom is -0.481 e. The van der Waals surface area contributed by atoms with E-state index in [2.05, 4.69) is 6.07 Å². The lowest BCUT2D eigenvalue weighted by Crippen LogP contribution is -2.08. The van der Waals surface area contributed by atoms with Gasteiger partial charge in [0.15, 0.2) is 0 Å². The van der Waals surface area contributed by atoms with Crippen molar-refractivity contribution in [3.05, 3.63) is 35.6 Å². The third-order valence-electron chi connectivity index (χ3n) is 3.80. The highest BCUT2D eigenvalue weighted by Gasteiger charge is 2.35. The van der Waals surface area contributed by atoms with E-state index < -0.39 is 5.97 Å². The van der Waals surface area contributed by atoms with Gasteiger partial charge in [-0.25, -0.2) is 0 Å². The molecule has 3 nitrogen and oxygen atoms in total. The van der Waals surface area contributed by atoms with Gasteiger partial charge in [0.05, 0.1) is 12.7 Å². The van der Waals surface area contributed by atoms with Crippen molar-refractivity contribution in [3.8, 4) is 0 Å². The summed E-state index contributed by atoms with van der Waals surface area (Å²) in [6.07, 6.45) is 4.25. The molecular weight excluding hydrogens is 228 g/mol. The predicted octanol–water partition coefficient (Wildman–Crippen LogP) is 3.71. The van der Waals surface area contributed by atoms with Crippen LogP contribution >= 0.6 is 0 Å². The maximum absolute atomic E-state index is 11.1. The normalized spacial score (nSPS) is 16.9. The Morgan fingerprint density at radius 3 is 2.94 bits per heavy atom. The van der Waals surface area contributed by atoms with Crippen LogP contribution in [0.15, 0.2) is 28.9 Å². The second-order valence-corrected chi connectivity index (χ2v) is 5.18. The zero-order chi connectivity index (χ0) is 12.7. The summed E-state index contributed by atoms with van der Waals surface area (Å²) >= 11 is 0. The Labute approximate surface area is 105 Å². The maximum atomic E-state index is 11.1. The number of rotatable bonds is 4. The van der Waals surface area contributed by atoms with E-state index >= 15 is 0 Å². The Kier molecular flexibility index (Phi) is 2.62. The first-order chi connectivity index (χ1) is 8.66. The van der Waals surface area contributed by atoms with Crippen molar-refractivity contribution < 1.29 is 14.3 Å². The average molecular weight is 244 g/mol. The summed E-state index contributed by atoms with van der Waals surface area (Å²) in [5.41, 5.74) is 3.10. The molecule has 1 aromatic heterocycles. The number of fused-ring (bicyclic) bond motifs is 1. The molecule has 1 aromatic carbocycles. The maximum Gasteiger partial charge on any atom is 0.303 e. The number of hydrogen-bond acceptors (Lipinski definition) is 2. The number of aliphatic carboxylic acids is 1. The SMILES string of the molecule is Cc1coc2cccc(C(CC(=O)O)C3CC3)c12. The first kappa shape index (κ1) is 11.3. The first-order valence-electron chi connectivity index (χ1n) is 6.35. The van der Waals surface area contributed by atoms with Gasteiger partial charge in [-0.2, -0.15) is 0 Å². The molecule has 1 aliphatic rings. The molecule has 18 heavy (non-hydrogen) atoms. The summed E-state index contributed by atoms with van der Waals surface area (Å²) in [6.45, 7) is 2.01. The quantitative estimate of drug-likeness (QED) is 0.891. The number of carboxylic acids is 1. The van der Waals surface area contributed by atoms with Crippen LogP contribution in [0.25, 0.3) is 11.0 Å². The van der Waals surface area contributed by atoms with E-state index in [1.54, 1.807) is 6.26 Å². The highest BCUT2D eigenvalue weighted by molar-refractivity contribution is 5.85. The van der Waals surface area contributed by atoms with Crippen LogP contribution in [0, 0.1) is 12.8 Å². The van der Waals surface area contributed by atoms with Crippen molar-refractivity contribution in [2.45, 2.75) is 32.1 Å². The predicted molar refractivity (Wildman–Crippen MR) is 68.7 cm³/mol. The number of furan rings is 1. The molecule has 1 unspecified atom stereocenters. The molecule has 1 N–H and O–H groups in total. The first-order valence-corrected chi connectivity index (χ1v) is 6.35. The van der Waals surface area contributed by atoms with Crippen LogP contribution in [0.3, 0.4) is 0 Å². The Bertz CT molecular complexity index is 593. The lowest BCUT2D eigenvalue weighted by atomic mass is 9.88. The Morgan fingerprint density at radius 1 is 1.50 bits per heavy atom. The van der Waals surface area contributed by atoms with Crippen LogP contribution < -0.4 is 0 Å². The van der Waals surface area contributed by atoms with Gasteiger partial charge in [0.1, 0.15) is 5.58 Å². The van der Waals surface area contributed by atoms with Crippen LogP contribution in [-0.2, 0) is 4.79 Å². The van der Waals surface area contributed by atoms with Crippen LogP contribution in [0.1, 0.15) is 36.3 Å². The standard InChI is InChI=1S/C15H16O3/c1-9-8-18-13-4-2-3-11(15(9)13)12(7-14(16)17)10-5-6-10/h2-4,8,10,12H,5-7H2,1H3,(H,16,17). The molecular formula is C15H16O3. The average Bonchev–Trinajstić information content (AvgIpc) is 3.11. The van der Waals surface area contributed by atoms with Crippen LogP contribution in [0.2, 0.25) is 0 Å². The summed E-state index contributed by atoms with van der Waals surface area (Å²) < 4.78 is 5.50. The highest BCUT2D eigenvalue weighted by Crippen LogP contribution is 2.46. The number of aryl methyl sites for hydroxylation is 1. The number of hydrogen-bond donors (Lipinski definition) is 1. The summed E-state index contributed by atoms with van der Waals surface area (Å²) in [7, 11) is 0. The molecule has 0 bridgehead atoms. The van der Waals surface area contributed by atoms with Crippen molar-refractivity contribution in [1.82, 2.24) is 0 Å².